The van der Waals surface area contributed by atoms with Gasteiger partial charge in [0, 0.05) is 24.8 Å². The van der Waals surface area contributed by atoms with Gasteiger partial charge < -0.3 is 4.74 Å². The molecule has 0 bridgehead atoms. The molecule has 1 aliphatic carbocycles. The Bertz CT molecular complexity index is 286. The third-order valence-electron chi connectivity index (χ3n) is 2.59. The van der Waals surface area contributed by atoms with E-state index >= 15 is 0 Å². The second kappa shape index (κ2) is 3.36. The number of carbonyl (C=O) groups is 1. The molecular formula is C11H14O2. The standard InChI is InChI=1S/C11H14O2/c1-2-4-8-7-9-10(12)5-3-6-11(9)13-8/h2,4,8H,3,5-7H2,1H3. The van der Waals surface area contributed by atoms with Gasteiger partial charge in [0.2, 0.25) is 0 Å². The number of carbonyl (C=O) groups excluding carboxylic acids is 1. The molecule has 13 heavy (non-hydrogen) atoms. The van der Waals surface area contributed by atoms with Gasteiger partial charge in [-0.15, -0.1) is 0 Å². The van der Waals surface area contributed by atoms with Crippen LogP contribution in [0, 0.1) is 0 Å². The van der Waals surface area contributed by atoms with Crippen LogP contribution in [0.3, 0.4) is 0 Å². The largest absolute Gasteiger partial charge is 0.490 e. The van der Waals surface area contributed by atoms with Crippen LogP contribution in [0.4, 0.5) is 0 Å². The first-order chi connectivity index (χ1) is 6.31. The van der Waals surface area contributed by atoms with Crippen molar-refractivity contribution < 1.29 is 9.53 Å². The summed E-state index contributed by atoms with van der Waals surface area (Å²) in [5.74, 6) is 1.26. The first-order valence-corrected chi connectivity index (χ1v) is 4.86. The number of hydrogen-bond acceptors (Lipinski definition) is 2. The minimum Gasteiger partial charge on any atom is -0.490 e. The second-order valence-corrected chi connectivity index (χ2v) is 3.56. The highest BCUT2D eigenvalue weighted by Crippen LogP contribution is 2.34. The van der Waals surface area contributed by atoms with Crippen LogP contribution in [0.5, 0.6) is 0 Å². The summed E-state index contributed by atoms with van der Waals surface area (Å²) in [6.45, 7) is 1.97. The van der Waals surface area contributed by atoms with Crippen molar-refractivity contribution in [2.24, 2.45) is 0 Å². The first-order valence-electron chi connectivity index (χ1n) is 4.86. The summed E-state index contributed by atoms with van der Waals surface area (Å²) in [6.07, 6.45) is 7.54. The average molecular weight is 178 g/mol. The summed E-state index contributed by atoms with van der Waals surface area (Å²) in [7, 11) is 0. The molecule has 1 heterocycles. The molecule has 0 spiro atoms. The van der Waals surface area contributed by atoms with Gasteiger partial charge in [0.05, 0.1) is 0 Å². The molecule has 0 amide bonds. The lowest BCUT2D eigenvalue weighted by molar-refractivity contribution is -0.116. The molecule has 0 aromatic heterocycles. The van der Waals surface area contributed by atoms with Crippen LogP contribution in [0.1, 0.15) is 32.6 Å². The number of hydrogen-bond donors (Lipinski definition) is 0. The van der Waals surface area contributed by atoms with Crippen molar-refractivity contribution in [3.8, 4) is 0 Å². The number of Topliss-reactive ketones (excluding diaryl/α,β-unsaturated/α-hetero) is 1. The number of allylic oxidation sites excluding steroid dienone is 2. The van der Waals surface area contributed by atoms with Gasteiger partial charge in [0.15, 0.2) is 5.78 Å². The molecule has 0 aromatic carbocycles. The van der Waals surface area contributed by atoms with E-state index in [1.807, 2.05) is 19.1 Å². The first kappa shape index (κ1) is 8.54. The molecular weight excluding hydrogens is 164 g/mol. The van der Waals surface area contributed by atoms with E-state index < -0.39 is 0 Å². The molecule has 70 valence electrons. The summed E-state index contributed by atoms with van der Waals surface area (Å²) >= 11 is 0. The number of ketones is 1. The summed E-state index contributed by atoms with van der Waals surface area (Å²) in [4.78, 5) is 11.5. The maximum Gasteiger partial charge on any atom is 0.162 e. The Morgan fingerprint density at radius 3 is 3.00 bits per heavy atom. The summed E-state index contributed by atoms with van der Waals surface area (Å²) in [5.41, 5.74) is 0.953. The Hall–Kier alpha value is -1.05. The fourth-order valence-electron chi connectivity index (χ4n) is 1.97. The van der Waals surface area contributed by atoms with E-state index in [0.29, 0.717) is 12.2 Å². The highest BCUT2D eigenvalue weighted by Gasteiger charge is 2.30. The van der Waals surface area contributed by atoms with Crippen LogP contribution in [0.2, 0.25) is 0 Å². The van der Waals surface area contributed by atoms with Gasteiger partial charge >= 0.3 is 0 Å². The van der Waals surface area contributed by atoms with Crippen LogP contribution in [-0.4, -0.2) is 11.9 Å². The van der Waals surface area contributed by atoms with Gasteiger partial charge in [-0.05, 0) is 19.4 Å². The van der Waals surface area contributed by atoms with Crippen molar-refractivity contribution in [2.75, 3.05) is 0 Å². The lowest BCUT2D eigenvalue weighted by atomic mass is 9.94. The van der Waals surface area contributed by atoms with Crippen molar-refractivity contribution in [3.05, 3.63) is 23.5 Å². The molecule has 0 saturated carbocycles. The lowest BCUT2D eigenvalue weighted by Crippen LogP contribution is -2.07. The van der Waals surface area contributed by atoms with E-state index in [1.54, 1.807) is 0 Å². The maximum absolute atomic E-state index is 11.5. The Labute approximate surface area is 78.3 Å². The topological polar surface area (TPSA) is 26.3 Å². The molecule has 1 aliphatic heterocycles. The molecule has 2 aliphatic rings. The van der Waals surface area contributed by atoms with Crippen LogP contribution in [0.15, 0.2) is 23.5 Å². The van der Waals surface area contributed by atoms with E-state index in [4.69, 9.17) is 4.74 Å². The van der Waals surface area contributed by atoms with Gasteiger partial charge in [-0.1, -0.05) is 6.08 Å². The summed E-state index contributed by atoms with van der Waals surface area (Å²) in [5, 5.41) is 0. The van der Waals surface area contributed by atoms with Gasteiger partial charge in [-0.2, -0.15) is 0 Å². The SMILES string of the molecule is CC=CC1CC2=C(CCCC2=O)O1. The van der Waals surface area contributed by atoms with Crippen molar-refractivity contribution in [1.82, 2.24) is 0 Å². The summed E-state index contributed by atoms with van der Waals surface area (Å²) in [6, 6.07) is 0. The van der Waals surface area contributed by atoms with Crippen LogP contribution >= 0.6 is 0 Å². The molecule has 0 aromatic rings. The summed E-state index contributed by atoms with van der Waals surface area (Å²) < 4.78 is 5.65. The number of rotatable bonds is 1. The quantitative estimate of drug-likeness (QED) is 0.576. The molecule has 2 heteroatoms. The van der Waals surface area contributed by atoms with Crippen LogP contribution in [-0.2, 0) is 9.53 Å². The van der Waals surface area contributed by atoms with E-state index in [-0.39, 0.29) is 6.10 Å². The molecule has 2 nitrogen and oxygen atoms in total. The van der Waals surface area contributed by atoms with Crippen molar-refractivity contribution in [1.29, 1.82) is 0 Å². The zero-order valence-electron chi connectivity index (χ0n) is 7.88. The fourth-order valence-corrected chi connectivity index (χ4v) is 1.97. The molecule has 0 fully saturated rings. The van der Waals surface area contributed by atoms with Gasteiger partial charge in [-0.3, -0.25) is 4.79 Å². The average Bonchev–Trinajstić information content (AvgIpc) is 2.49. The minimum atomic E-state index is 0.122. The van der Waals surface area contributed by atoms with Crippen LogP contribution < -0.4 is 0 Å². The second-order valence-electron chi connectivity index (χ2n) is 3.56. The Morgan fingerprint density at radius 1 is 1.46 bits per heavy atom. The van der Waals surface area contributed by atoms with Crippen molar-refractivity contribution in [2.45, 2.75) is 38.7 Å². The molecule has 0 N–H and O–H groups in total. The Morgan fingerprint density at radius 2 is 2.31 bits per heavy atom. The van der Waals surface area contributed by atoms with Gasteiger partial charge in [0.25, 0.3) is 0 Å². The van der Waals surface area contributed by atoms with Crippen molar-refractivity contribution >= 4 is 5.78 Å². The predicted octanol–water partition coefficient (Wildman–Crippen LogP) is 2.36. The minimum absolute atomic E-state index is 0.122. The smallest absolute Gasteiger partial charge is 0.162 e. The Balaban J connectivity index is 2.13. The number of ether oxygens (including phenoxy) is 1. The Kier molecular flexibility index (Phi) is 2.21. The zero-order chi connectivity index (χ0) is 9.26. The van der Waals surface area contributed by atoms with Crippen LogP contribution in [0.25, 0.3) is 0 Å². The van der Waals surface area contributed by atoms with Gasteiger partial charge in [-0.25, -0.2) is 0 Å². The molecule has 1 unspecified atom stereocenters. The predicted molar refractivity (Wildman–Crippen MR) is 50.2 cm³/mol. The third kappa shape index (κ3) is 1.53. The van der Waals surface area contributed by atoms with E-state index in [9.17, 15) is 4.79 Å². The molecule has 0 saturated heterocycles. The highest BCUT2D eigenvalue weighted by atomic mass is 16.5. The molecule has 2 rings (SSSR count). The molecule has 1 atom stereocenters. The lowest BCUT2D eigenvalue weighted by Gasteiger charge is -2.11. The van der Waals surface area contributed by atoms with Crippen molar-refractivity contribution in [3.63, 3.8) is 0 Å². The maximum atomic E-state index is 11.5. The normalized spacial score (nSPS) is 28.1. The monoisotopic (exact) mass is 178 g/mol. The van der Waals surface area contributed by atoms with E-state index in [1.165, 1.54) is 0 Å². The highest BCUT2D eigenvalue weighted by molar-refractivity contribution is 5.97. The third-order valence-corrected chi connectivity index (χ3v) is 2.59. The fraction of sp³-hybridized carbons (Fsp3) is 0.545. The van der Waals surface area contributed by atoms with Gasteiger partial charge in [0.1, 0.15) is 11.9 Å². The zero-order valence-corrected chi connectivity index (χ0v) is 7.88. The van der Waals surface area contributed by atoms with E-state index in [0.717, 1.165) is 30.6 Å². The molecule has 0 radical (unpaired) electrons. The van der Waals surface area contributed by atoms with E-state index in [2.05, 4.69) is 0 Å².